The van der Waals surface area contributed by atoms with Gasteiger partial charge in [-0.2, -0.15) is 13.2 Å². The van der Waals surface area contributed by atoms with Crippen LogP contribution in [0, 0.1) is 5.92 Å². The van der Waals surface area contributed by atoms with Crippen LogP contribution in [0.3, 0.4) is 0 Å². The maximum absolute atomic E-state index is 13.1. The number of carbonyl (C=O) groups excluding carboxylic acids is 1. The number of halogens is 3. The van der Waals surface area contributed by atoms with Crippen molar-refractivity contribution in [2.24, 2.45) is 5.92 Å². The second-order valence-corrected chi connectivity index (χ2v) is 5.87. The fraction of sp³-hybridized carbons (Fsp3) is 0.471. The molecule has 6 heteroatoms. The Balaban J connectivity index is 2.16. The summed E-state index contributed by atoms with van der Waals surface area (Å²) >= 11 is 0. The van der Waals surface area contributed by atoms with Crippen LogP contribution in [-0.4, -0.2) is 37.5 Å². The number of hydrogen-bond donors (Lipinski definition) is 1. The van der Waals surface area contributed by atoms with Gasteiger partial charge in [0.1, 0.15) is 0 Å². The Morgan fingerprint density at radius 2 is 2.09 bits per heavy atom. The molecule has 0 aromatic heterocycles. The van der Waals surface area contributed by atoms with Crippen molar-refractivity contribution in [3.8, 4) is 0 Å². The number of nitrogens with one attached hydrogen (secondary N) is 1. The van der Waals surface area contributed by atoms with Crippen molar-refractivity contribution in [3.63, 3.8) is 0 Å². The summed E-state index contributed by atoms with van der Waals surface area (Å²) < 4.78 is 39.2. The summed E-state index contributed by atoms with van der Waals surface area (Å²) in [5, 5.41) is 3.08. The molecule has 1 fully saturated rings. The quantitative estimate of drug-likeness (QED) is 0.862. The van der Waals surface area contributed by atoms with Gasteiger partial charge in [0, 0.05) is 19.2 Å². The molecule has 23 heavy (non-hydrogen) atoms. The lowest BCUT2D eigenvalue weighted by atomic mass is 10.00. The van der Waals surface area contributed by atoms with Crippen LogP contribution >= 0.6 is 0 Å². The first kappa shape index (κ1) is 17.5. The first-order valence-electron chi connectivity index (χ1n) is 7.61. The van der Waals surface area contributed by atoms with Gasteiger partial charge in [0.25, 0.3) is 0 Å². The van der Waals surface area contributed by atoms with Crippen molar-refractivity contribution in [3.05, 3.63) is 41.5 Å². The zero-order chi connectivity index (χ0) is 17.0. The standard InChI is InChI=1S/C17H21F3N2O/c1-12(14-5-3-4-6-15(14)17(18,19)20)9-16(23)22-8-7-13(11-22)10-21-2/h3-6,9,13,21H,7-8,10-11H2,1-2H3/b12-9-. The van der Waals surface area contributed by atoms with E-state index in [1.165, 1.54) is 18.2 Å². The molecule has 0 aliphatic carbocycles. The molecule has 1 aliphatic rings. The van der Waals surface area contributed by atoms with E-state index in [4.69, 9.17) is 0 Å². The Morgan fingerprint density at radius 3 is 2.74 bits per heavy atom. The van der Waals surface area contributed by atoms with Crippen molar-refractivity contribution in [2.45, 2.75) is 19.5 Å². The smallest absolute Gasteiger partial charge is 0.339 e. The van der Waals surface area contributed by atoms with Crippen LogP contribution in [0.25, 0.3) is 5.57 Å². The lowest BCUT2D eigenvalue weighted by Crippen LogP contribution is -2.29. The molecule has 0 radical (unpaired) electrons. The van der Waals surface area contributed by atoms with Crippen LogP contribution in [0.4, 0.5) is 13.2 Å². The lowest BCUT2D eigenvalue weighted by Gasteiger charge is -2.16. The van der Waals surface area contributed by atoms with E-state index in [1.807, 2.05) is 7.05 Å². The van der Waals surface area contributed by atoms with Crippen LogP contribution < -0.4 is 5.32 Å². The average Bonchev–Trinajstić information content (AvgIpc) is 2.95. The highest BCUT2D eigenvalue weighted by molar-refractivity contribution is 5.95. The molecule has 1 aliphatic heterocycles. The third kappa shape index (κ3) is 4.34. The normalized spacial score (nSPS) is 19.3. The monoisotopic (exact) mass is 326 g/mol. The highest BCUT2D eigenvalue weighted by Crippen LogP contribution is 2.34. The van der Waals surface area contributed by atoms with Crippen LogP contribution in [-0.2, 0) is 11.0 Å². The topological polar surface area (TPSA) is 32.3 Å². The van der Waals surface area contributed by atoms with Crippen molar-refractivity contribution < 1.29 is 18.0 Å². The summed E-state index contributed by atoms with van der Waals surface area (Å²) in [6, 6.07) is 5.33. The number of allylic oxidation sites excluding steroid dienone is 1. The van der Waals surface area contributed by atoms with Gasteiger partial charge in [0.2, 0.25) is 5.91 Å². The van der Waals surface area contributed by atoms with Gasteiger partial charge >= 0.3 is 6.18 Å². The molecule has 126 valence electrons. The molecule has 1 saturated heterocycles. The van der Waals surface area contributed by atoms with E-state index in [1.54, 1.807) is 17.9 Å². The third-order valence-corrected chi connectivity index (χ3v) is 4.09. The minimum atomic E-state index is -4.43. The van der Waals surface area contributed by atoms with E-state index in [2.05, 4.69) is 5.32 Å². The van der Waals surface area contributed by atoms with E-state index < -0.39 is 11.7 Å². The van der Waals surface area contributed by atoms with Crippen molar-refractivity contribution in [2.75, 3.05) is 26.7 Å². The minimum absolute atomic E-state index is 0.0549. The van der Waals surface area contributed by atoms with E-state index in [0.717, 1.165) is 19.0 Å². The largest absolute Gasteiger partial charge is 0.416 e. The third-order valence-electron chi connectivity index (χ3n) is 4.09. The van der Waals surface area contributed by atoms with Gasteiger partial charge < -0.3 is 10.2 Å². The first-order valence-corrected chi connectivity index (χ1v) is 7.61. The zero-order valence-corrected chi connectivity index (χ0v) is 13.3. The number of carbonyl (C=O) groups is 1. The van der Waals surface area contributed by atoms with E-state index in [0.29, 0.717) is 24.6 Å². The van der Waals surface area contributed by atoms with Gasteiger partial charge in [0.15, 0.2) is 0 Å². The van der Waals surface area contributed by atoms with E-state index in [-0.39, 0.29) is 11.5 Å². The molecule has 1 atom stereocenters. The van der Waals surface area contributed by atoms with Gasteiger partial charge in [-0.3, -0.25) is 4.79 Å². The van der Waals surface area contributed by atoms with Crippen molar-refractivity contribution in [1.29, 1.82) is 0 Å². The van der Waals surface area contributed by atoms with Gasteiger partial charge in [-0.1, -0.05) is 18.2 Å². The molecule has 1 aromatic rings. The van der Waals surface area contributed by atoms with Crippen LogP contribution in [0.15, 0.2) is 30.3 Å². The first-order chi connectivity index (χ1) is 10.8. The van der Waals surface area contributed by atoms with Gasteiger partial charge in [-0.05, 0) is 50.1 Å². The molecule has 0 spiro atoms. The Bertz CT molecular complexity index is 596. The predicted octanol–water partition coefficient (Wildman–Crippen LogP) is 3.18. The summed E-state index contributed by atoms with van der Waals surface area (Å²) in [5.41, 5.74) is -0.324. The summed E-state index contributed by atoms with van der Waals surface area (Å²) in [7, 11) is 1.86. The second kappa shape index (κ2) is 7.17. The Hall–Kier alpha value is -1.82. The number of nitrogens with zero attached hydrogens (tertiary/aromatic N) is 1. The second-order valence-electron chi connectivity index (χ2n) is 5.87. The lowest BCUT2D eigenvalue weighted by molar-refractivity contribution is -0.137. The van der Waals surface area contributed by atoms with Crippen LogP contribution in [0.2, 0.25) is 0 Å². The molecule has 1 unspecified atom stereocenters. The van der Waals surface area contributed by atoms with Crippen molar-refractivity contribution >= 4 is 11.5 Å². The molecule has 2 rings (SSSR count). The Morgan fingerprint density at radius 1 is 1.39 bits per heavy atom. The number of benzene rings is 1. The highest BCUT2D eigenvalue weighted by Gasteiger charge is 2.33. The van der Waals surface area contributed by atoms with Crippen molar-refractivity contribution in [1.82, 2.24) is 10.2 Å². The molecule has 0 bridgehead atoms. The molecule has 1 N–H and O–H groups in total. The average molecular weight is 326 g/mol. The molecule has 1 aromatic carbocycles. The van der Waals surface area contributed by atoms with E-state index >= 15 is 0 Å². The summed E-state index contributed by atoms with van der Waals surface area (Å²) in [4.78, 5) is 14.0. The number of amides is 1. The van der Waals surface area contributed by atoms with Gasteiger partial charge in [-0.25, -0.2) is 0 Å². The molecule has 0 saturated carbocycles. The van der Waals surface area contributed by atoms with E-state index in [9.17, 15) is 18.0 Å². The Kier molecular flexibility index (Phi) is 5.46. The number of alkyl halides is 3. The molecule has 1 heterocycles. The zero-order valence-electron chi connectivity index (χ0n) is 13.3. The predicted molar refractivity (Wildman–Crippen MR) is 83.7 cm³/mol. The number of rotatable bonds is 4. The summed E-state index contributed by atoms with van der Waals surface area (Å²) in [5.74, 6) is 0.179. The maximum Gasteiger partial charge on any atom is 0.416 e. The summed E-state index contributed by atoms with van der Waals surface area (Å²) in [6.07, 6.45) is -2.20. The fourth-order valence-corrected chi connectivity index (χ4v) is 2.92. The van der Waals surface area contributed by atoms with Gasteiger partial charge in [0.05, 0.1) is 5.56 Å². The maximum atomic E-state index is 13.1. The fourth-order valence-electron chi connectivity index (χ4n) is 2.92. The minimum Gasteiger partial charge on any atom is -0.339 e. The SMILES string of the molecule is CNCC1CCN(C(=O)/C=C(/C)c2ccccc2C(F)(F)F)C1. The number of hydrogen-bond acceptors (Lipinski definition) is 2. The molecule has 3 nitrogen and oxygen atoms in total. The summed E-state index contributed by atoms with van der Waals surface area (Å²) in [6.45, 7) is 3.67. The molecular weight excluding hydrogens is 305 g/mol. The molecular formula is C17H21F3N2O. The highest BCUT2D eigenvalue weighted by atomic mass is 19.4. The van der Waals surface area contributed by atoms with Crippen LogP contribution in [0.1, 0.15) is 24.5 Å². The van der Waals surface area contributed by atoms with Crippen LogP contribution in [0.5, 0.6) is 0 Å². The Labute approximate surface area is 134 Å². The number of likely N-dealkylation sites (tertiary alicyclic amines) is 1. The molecule has 1 amide bonds. The van der Waals surface area contributed by atoms with Gasteiger partial charge in [-0.15, -0.1) is 0 Å².